The molecule has 0 atom stereocenters. The molecule has 0 N–H and O–H groups in total. The Kier molecular flexibility index (Phi) is 4.98. The number of nitro groups is 1. The van der Waals surface area contributed by atoms with E-state index in [9.17, 15) is 14.9 Å². The Morgan fingerprint density at radius 3 is 2.57 bits per heavy atom. The summed E-state index contributed by atoms with van der Waals surface area (Å²) in [5, 5.41) is 12.0. The fourth-order valence-electron chi connectivity index (χ4n) is 2.89. The van der Waals surface area contributed by atoms with E-state index in [2.05, 4.69) is 18.7 Å². The van der Waals surface area contributed by atoms with Crippen LogP contribution in [-0.2, 0) is 0 Å². The van der Waals surface area contributed by atoms with Gasteiger partial charge in [0.1, 0.15) is 0 Å². The van der Waals surface area contributed by atoms with Crippen molar-refractivity contribution in [2.24, 2.45) is 5.92 Å². The summed E-state index contributed by atoms with van der Waals surface area (Å²) in [6.07, 6.45) is 4.52. The molecule has 1 heterocycles. The minimum atomic E-state index is -0.361. The van der Waals surface area contributed by atoms with Crippen LogP contribution < -0.4 is 4.90 Å². The van der Waals surface area contributed by atoms with Crippen LogP contribution in [0, 0.1) is 16.0 Å². The smallest absolute Gasteiger partial charge is 0.304 e. The van der Waals surface area contributed by atoms with E-state index in [4.69, 9.17) is 0 Å². The molecule has 1 fully saturated rings. The summed E-state index contributed by atoms with van der Waals surface area (Å²) in [6, 6.07) is 1.80. The highest BCUT2D eigenvalue weighted by molar-refractivity contribution is 7.18. The van der Waals surface area contributed by atoms with Crippen molar-refractivity contribution in [3.8, 4) is 0 Å². The van der Waals surface area contributed by atoms with Crippen molar-refractivity contribution in [1.29, 1.82) is 0 Å². The van der Waals surface area contributed by atoms with Crippen LogP contribution in [0.5, 0.6) is 0 Å². The number of nitrogens with zero attached hydrogens (tertiary/aromatic N) is 2. The third-order valence-electron chi connectivity index (χ3n) is 3.83. The van der Waals surface area contributed by atoms with E-state index < -0.39 is 0 Å². The van der Waals surface area contributed by atoms with Crippen LogP contribution in [-0.4, -0.2) is 23.3 Å². The Labute approximate surface area is 129 Å². The van der Waals surface area contributed by atoms with Crippen LogP contribution in [0.4, 0.5) is 10.7 Å². The second kappa shape index (κ2) is 6.56. The van der Waals surface area contributed by atoms with Gasteiger partial charge in [-0.1, -0.05) is 26.7 Å². The van der Waals surface area contributed by atoms with Crippen LogP contribution in [0.1, 0.15) is 56.1 Å². The Hall–Kier alpha value is -1.43. The molecule has 0 radical (unpaired) electrons. The van der Waals surface area contributed by atoms with Crippen molar-refractivity contribution in [1.82, 2.24) is 0 Å². The van der Waals surface area contributed by atoms with Gasteiger partial charge in [0.05, 0.1) is 9.80 Å². The molecule has 1 aliphatic carbocycles. The first-order chi connectivity index (χ1) is 9.90. The Balaban J connectivity index is 2.41. The summed E-state index contributed by atoms with van der Waals surface area (Å²) < 4.78 is 0. The quantitative estimate of drug-likeness (QED) is 0.447. The van der Waals surface area contributed by atoms with Gasteiger partial charge in [-0.3, -0.25) is 14.9 Å². The van der Waals surface area contributed by atoms with Crippen LogP contribution in [0.3, 0.4) is 0 Å². The van der Waals surface area contributed by atoms with E-state index in [1.807, 2.05) is 0 Å². The fraction of sp³-hybridized carbons (Fsp3) is 0.667. The van der Waals surface area contributed by atoms with Crippen LogP contribution in [0.15, 0.2) is 6.07 Å². The number of carbonyl (C=O) groups is 1. The SMILES string of the molecule is CC(=O)c1cc([N+](=O)[O-])c(N(CC(C)C)C2CCCC2)s1. The van der Waals surface area contributed by atoms with Crippen LogP contribution in [0.25, 0.3) is 0 Å². The molecule has 21 heavy (non-hydrogen) atoms. The van der Waals surface area contributed by atoms with Gasteiger partial charge in [0.2, 0.25) is 0 Å². The molecule has 0 saturated heterocycles. The highest BCUT2D eigenvalue weighted by atomic mass is 32.1. The monoisotopic (exact) mass is 310 g/mol. The second-order valence-electron chi connectivity index (χ2n) is 6.10. The van der Waals surface area contributed by atoms with E-state index in [0.29, 0.717) is 21.8 Å². The molecule has 2 rings (SSSR count). The molecule has 0 bridgehead atoms. The molecule has 1 aromatic heterocycles. The highest BCUT2D eigenvalue weighted by Crippen LogP contribution is 2.41. The molecule has 0 amide bonds. The number of anilines is 1. The second-order valence-corrected chi connectivity index (χ2v) is 7.13. The zero-order chi connectivity index (χ0) is 15.6. The summed E-state index contributed by atoms with van der Waals surface area (Å²) >= 11 is 1.27. The van der Waals surface area contributed by atoms with E-state index in [0.717, 1.165) is 19.4 Å². The summed E-state index contributed by atoms with van der Waals surface area (Å²) in [7, 11) is 0. The van der Waals surface area contributed by atoms with Gasteiger partial charge in [-0.2, -0.15) is 0 Å². The third kappa shape index (κ3) is 3.61. The summed E-state index contributed by atoms with van der Waals surface area (Å²) in [6.45, 7) is 6.49. The van der Waals surface area contributed by atoms with Gasteiger partial charge in [-0.15, -0.1) is 11.3 Å². The summed E-state index contributed by atoms with van der Waals surface area (Å²) in [4.78, 5) is 25.2. The molecule has 116 valence electrons. The lowest BCUT2D eigenvalue weighted by molar-refractivity contribution is -0.383. The predicted molar refractivity (Wildman–Crippen MR) is 85.4 cm³/mol. The van der Waals surface area contributed by atoms with E-state index in [-0.39, 0.29) is 16.4 Å². The number of hydrogen-bond acceptors (Lipinski definition) is 5. The van der Waals surface area contributed by atoms with Crippen LogP contribution >= 0.6 is 11.3 Å². The zero-order valence-electron chi connectivity index (χ0n) is 12.8. The zero-order valence-corrected chi connectivity index (χ0v) is 13.6. The first-order valence-corrected chi connectivity index (χ1v) is 8.27. The molecule has 1 aromatic rings. The maximum atomic E-state index is 11.6. The van der Waals surface area contributed by atoms with Crippen molar-refractivity contribution < 1.29 is 9.72 Å². The van der Waals surface area contributed by atoms with Gasteiger partial charge in [-0.25, -0.2) is 0 Å². The molecule has 5 nitrogen and oxygen atoms in total. The van der Waals surface area contributed by atoms with Gasteiger partial charge < -0.3 is 4.90 Å². The van der Waals surface area contributed by atoms with E-state index in [1.54, 1.807) is 0 Å². The first-order valence-electron chi connectivity index (χ1n) is 7.46. The molecule has 0 aliphatic heterocycles. The first kappa shape index (κ1) is 15.9. The number of carbonyl (C=O) groups excluding carboxylic acids is 1. The number of rotatable bonds is 6. The highest BCUT2D eigenvalue weighted by Gasteiger charge is 2.31. The lowest BCUT2D eigenvalue weighted by Crippen LogP contribution is -2.36. The van der Waals surface area contributed by atoms with Gasteiger partial charge in [0, 0.05) is 18.7 Å². The Bertz CT molecular complexity index is 533. The lowest BCUT2D eigenvalue weighted by atomic mass is 10.1. The number of ketones is 1. The minimum Gasteiger partial charge on any atom is -0.355 e. The Morgan fingerprint density at radius 2 is 2.10 bits per heavy atom. The molecule has 0 aromatic carbocycles. The number of thiophene rings is 1. The van der Waals surface area contributed by atoms with Gasteiger partial charge in [0.25, 0.3) is 0 Å². The largest absolute Gasteiger partial charge is 0.355 e. The standard InChI is InChI=1S/C15H22N2O3S/c1-10(2)9-16(12-6-4-5-7-12)15-13(17(19)20)8-14(21-15)11(3)18/h8,10,12H,4-7,9H2,1-3H3. The van der Waals surface area contributed by atoms with E-state index in [1.165, 1.54) is 37.2 Å². The number of hydrogen-bond donors (Lipinski definition) is 0. The third-order valence-corrected chi connectivity index (χ3v) is 5.09. The van der Waals surface area contributed by atoms with Gasteiger partial charge in [0.15, 0.2) is 10.8 Å². The topological polar surface area (TPSA) is 63.4 Å². The minimum absolute atomic E-state index is 0.0812. The molecule has 1 saturated carbocycles. The molecule has 6 heteroatoms. The number of Topliss-reactive ketones (excluding diaryl/α,β-unsaturated/α-hetero) is 1. The Morgan fingerprint density at radius 1 is 1.48 bits per heavy atom. The normalized spacial score (nSPS) is 15.6. The van der Waals surface area contributed by atoms with Crippen molar-refractivity contribution in [2.75, 3.05) is 11.4 Å². The fourth-order valence-corrected chi connectivity index (χ4v) is 3.99. The molecule has 0 spiro atoms. The van der Waals surface area contributed by atoms with Crippen molar-refractivity contribution in [3.05, 3.63) is 21.1 Å². The van der Waals surface area contributed by atoms with Crippen molar-refractivity contribution in [3.63, 3.8) is 0 Å². The maximum absolute atomic E-state index is 11.6. The average molecular weight is 310 g/mol. The molecule has 0 unspecified atom stereocenters. The molecule has 1 aliphatic rings. The maximum Gasteiger partial charge on any atom is 0.304 e. The van der Waals surface area contributed by atoms with Crippen molar-refractivity contribution in [2.45, 2.75) is 52.5 Å². The van der Waals surface area contributed by atoms with Gasteiger partial charge in [-0.05, 0) is 25.7 Å². The van der Waals surface area contributed by atoms with Crippen LogP contribution in [0.2, 0.25) is 0 Å². The lowest BCUT2D eigenvalue weighted by Gasteiger charge is -2.30. The predicted octanol–water partition coefficient (Wildman–Crippen LogP) is 4.26. The van der Waals surface area contributed by atoms with E-state index >= 15 is 0 Å². The average Bonchev–Trinajstić information content (AvgIpc) is 3.05. The molecular formula is C15H22N2O3S. The van der Waals surface area contributed by atoms with Gasteiger partial charge >= 0.3 is 5.69 Å². The molecular weight excluding hydrogens is 288 g/mol. The summed E-state index contributed by atoms with van der Waals surface area (Å²) in [5.41, 5.74) is 0.0812. The van der Waals surface area contributed by atoms with Crippen molar-refractivity contribution >= 4 is 27.8 Å². The summed E-state index contributed by atoms with van der Waals surface area (Å²) in [5.74, 6) is 0.318.